The smallest absolute Gasteiger partial charge is 0.136 e. The summed E-state index contributed by atoms with van der Waals surface area (Å²) in [5.74, 6) is 1.58. The fourth-order valence-corrected chi connectivity index (χ4v) is 2.45. The average molecular weight is 294 g/mol. The molecule has 1 aromatic heterocycles. The molecule has 0 saturated carbocycles. The fraction of sp³-hybridized carbons (Fsp3) is 0.250. The maximum absolute atomic E-state index is 6.00. The van der Waals surface area contributed by atoms with Crippen molar-refractivity contribution in [1.29, 1.82) is 0 Å². The molecule has 17 heavy (non-hydrogen) atoms. The number of hydrogen-bond acceptors (Lipinski definition) is 3. The van der Waals surface area contributed by atoms with Gasteiger partial charge in [-0.05, 0) is 22.0 Å². The van der Waals surface area contributed by atoms with Crippen molar-refractivity contribution in [3.8, 4) is 5.75 Å². The van der Waals surface area contributed by atoms with Crippen LogP contribution in [-0.4, -0.2) is 16.4 Å². The molecular formula is C12H12BrN3O. The van der Waals surface area contributed by atoms with E-state index in [2.05, 4.69) is 27.1 Å². The number of ether oxygens (including phenoxy) is 1. The molecule has 0 radical (unpaired) electrons. The van der Waals surface area contributed by atoms with E-state index in [1.807, 2.05) is 22.9 Å². The van der Waals surface area contributed by atoms with E-state index in [1.165, 1.54) is 0 Å². The zero-order valence-electron chi connectivity index (χ0n) is 9.14. The summed E-state index contributed by atoms with van der Waals surface area (Å²) in [6, 6.07) is 8.19. The van der Waals surface area contributed by atoms with Gasteiger partial charge in [0.05, 0.1) is 23.3 Å². The molecule has 4 nitrogen and oxygen atoms in total. The summed E-state index contributed by atoms with van der Waals surface area (Å²) in [6.45, 7) is 0.693. The van der Waals surface area contributed by atoms with Gasteiger partial charge in [0.25, 0.3) is 0 Å². The Morgan fingerprint density at radius 2 is 2.24 bits per heavy atom. The van der Waals surface area contributed by atoms with E-state index in [1.54, 1.807) is 6.20 Å². The van der Waals surface area contributed by atoms with Gasteiger partial charge in [-0.25, -0.2) is 4.68 Å². The maximum atomic E-state index is 6.00. The second kappa shape index (κ2) is 4.07. The number of nitrogen functional groups attached to an aromatic ring is 1. The van der Waals surface area contributed by atoms with Crippen LogP contribution in [0.25, 0.3) is 0 Å². The van der Waals surface area contributed by atoms with Crippen LogP contribution in [0.15, 0.2) is 34.9 Å². The Kier molecular flexibility index (Phi) is 2.55. The van der Waals surface area contributed by atoms with Crippen LogP contribution in [0.1, 0.15) is 18.0 Å². The van der Waals surface area contributed by atoms with Crippen LogP contribution >= 0.6 is 15.9 Å². The number of halogens is 1. The van der Waals surface area contributed by atoms with Crippen molar-refractivity contribution >= 4 is 21.7 Å². The number of hydrogen-bond donors (Lipinski definition) is 1. The molecule has 88 valence electrons. The monoisotopic (exact) mass is 293 g/mol. The molecule has 1 unspecified atom stereocenters. The van der Waals surface area contributed by atoms with Gasteiger partial charge in [0.15, 0.2) is 0 Å². The van der Waals surface area contributed by atoms with Crippen molar-refractivity contribution in [3.05, 3.63) is 40.5 Å². The first kappa shape index (κ1) is 10.7. The normalized spacial score (nSPS) is 18.5. The van der Waals surface area contributed by atoms with Crippen molar-refractivity contribution in [2.24, 2.45) is 0 Å². The highest BCUT2D eigenvalue weighted by Gasteiger charge is 2.25. The molecule has 0 saturated heterocycles. The number of anilines is 1. The number of aromatic nitrogens is 2. The largest absolute Gasteiger partial charge is 0.493 e. The lowest BCUT2D eigenvalue weighted by Crippen LogP contribution is -2.22. The minimum Gasteiger partial charge on any atom is -0.493 e. The van der Waals surface area contributed by atoms with Crippen LogP contribution in [-0.2, 0) is 0 Å². The van der Waals surface area contributed by atoms with Gasteiger partial charge in [-0.2, -0.15) is 5.10 Å². The molecule has 5 heteroatoms. The third-order valence-corrected chi connectivity index (χ3v) is 3.62. The van der Waals surface area contributed by atoms with Gasteiger partial charge in [-0.1, -0.05) is 18.2 Å². The topological polar surface area (TPSA) is 53.1 Å². The zero-order valence-corrected chi connectivity index (χ0v) is 10.7. The van der Waals surface area contributed by atoms with E-state index in [-0.39, 0.29) is 6.04 Å². The maximum Gasteiger partial charge on any atom is 0.136 e. The third kappa shape index (κ3) is 1.70. The van der Waals surface area contributed by atoms with E-state index < -0.39 is 0 Å². The summed E-state index contributed by atoms with van der Waals surface area (Å²) in [5.41, 5.74) is 7.14. The predicted octanol–water partition coefficient (Wildman–Crippen LogP) is 2.60. The summed E-state index contributed by atoms with van der Waals surface area (Å²) >= 11 is 3.38. The highest BCUT2D eigenvalue weighted by Crippen LogP contribution is 2.36. The molecule has 1 aliphatic rings. The standard InChI is InChI=1S/C12H12BrN3O/c13-9-7-15-16(12(9)14)10-5-6-17-11-4-2-1-3-8(10)11/h1-4,7,10H,5-6,14H2. The van der Waals surface area contributed by atoms with Gasteiger partial charge in [-0.15, -0.1) is 0 Å². The van der Waals surface area contributed by atoms with Gasteiger partial charge in [0, 0.05) is 12.0 Å². The first-order valence-electron chi connectivity index (χ1n) is 5.47. The van der Waals surface area contributed by atoms with Crippen LogP contribution in [0, 0.1) is 0 Å². The quantitative estimate of drug-likeness (QED) is 0.879. The van der Waals surface area contributed by atoms with Crippen LogP contribution in [0.2, 0.25) is 0 Å². The minimum absolute atomic E-state index is 0.159. The summed E-state index contributed by atoms with van der Waals surface area (Å²) in [7, 11) is 0. The molecule has 0 amide bonds. The number of fused-ring (bicyclic) bond motifs is 1. The molecule has 0 bridgehead atoms. The lowest BCUT2D eigenvalue weighted by atomic mass is 10.0. The van der Waals surface area contributed by atoms with Crippen molar-refractivity contribution in [1.82, 2.24) is 9.78 Å². The molecule has 0 fully saturated rings. The Hall–Kier alpha value is -1.49. The summed E-state index contributed by atoms with van der Waals surface area (Å²) in [6.07, 6.45) is 2.61. The highest BCUT2D eigenvalue weighted by molar-refractivity contribution is 9.10. The van der Waals surface area contributed by atoms with Crippen LogP contribution in [0.3, 0.4) is 0 Å². The van der Waals surface area contributed by atoms with Crippen molar-refractivity contribution in [3.63, 3.8) is 0 Å². The third-order valence-electron chi connectivity index (χ3n) is 3.01. The van der Waals surface area contributed by atoms with Crippen molar-refractivity contribution in [2.75, 3.05) is 12.3 Å². The Labute approximate surface area is 108 Å². The lowest BCUT2D eigenvalue weighted by molar-refractivity contribution is 0.251. The molecule has 0 aliphatic carbocycles. The number of nitrogens with two attached hydrogens (primary N) is 1. The second-order valence-corrected chi connectivity index (χ2v) is 4.87. The van der Waals surface area contributed by atoms with E-state index >= 15 is 0 Å². The summed E-state index contributed by atoms with van der Waals surface area (Å²) in [4.78, 5) is 0. The second-order valence-electron chi connectivity index (χ2n) is 4.01. The number of para-hydroxylation sites is 1. The van der Waals surface area contributed by atoms with Crippen molar-refractivity contribution in [2.45, 2.75) is 12.5 Å². The zero-order chi connectivity index (χ0) is 11.8. The minimum atomic E-state index is 0.159. The Morgan fingerprint density at radius 1 is 1.41 bits per heavy atom. The van der Waals surface area contributed by atoms with Gasteiger partial charge >= 0.3 is 0 Å². The van der Waals surface area contributed by atoms with Crippen LogP contribution < -0.4 is 10.5 Å². The number of benzene rings is 1. The molecule has 2 N–H and O–H groups in total. The molecule has 1 atom stereocenters. The van der Waals surface area contributed by atoms with Gasteiger partial charge < -0.3 is 10.5 Å². The summed E-state index contributed by atoms with van der Waals surface area (Å²) in [5, 5.41) is 4.33. The highest BCUT2D eigenvalue weighted by atomic mass is 79.9. The molecule has 0 spiro atoms. The van der Waals surface area contributed by atoms with Crippen LogP contribution in [0.4, 0.5) is 5.82 Å². The SMILES string of the molecule is Nc1c(Br)cnn1C1CCOc2ccccc21. The Balaban J connectivity index is 2.09. The van der Waals surface area contributed by atoms with Gasteiger partial charge in [-0.3, -0.25) is 0 Å². The first-order chi connectivity index (χ1) is 8.27. The van der Waals surface area contributed by atoms with Gasteiger partial charge in [0.2, 0.25) is 0 Å². The number of nitrogens with zero attached hydrogens (tertiary/aromatic N) is 2. The first-order valence-corrected chi connectivity index (χ1v) is 6.27. The number of rotatable bonds is 1. The van der Waals surface area contributed by atoms with Gasteiger partial charge in [0.1, 0.15) is 11.6 Å². The Morgan fingerprint density at radius 3 is 3.00 bits per heavy atom. The van der Waals surface area contributed by atoms with E-state index in [4.69, 9.17) is 10.5 Å². The molecule has 2 aromatic rings. The van der Waals surface area contributed by atoms with E-state index in [0.717, 1.165) is 22.2 Å². The summed E-state index contributed by atoms with van der Waals surface area (Å²) < 4.78 is 8.32. The molecule has 2 heterocycles. The molecular weight excluding hydrogens is 282 g/mol. The van der Waals surface area contributed by atoms with E-state index in [9.17, 15) is 0 Å². The van der Waals surface area contributed by atoms with Crippen LogP contribution in [0.5, 0.6) is 5.75 Å². The van der Waals surface area contributed by atoms with Crippen molar-refractivity contribution < 1.29 is 4.74 Å². The van der Waals surface area contributed by atoms with E-state index in [0.29, 0.717) is 12.4 Å². The molecule has 3 rings (SSSR count). The molecule has 1 aliphatic heterocycles. The molecule has 1 aromatic carbocycles. The predicted molar refractivity (Wildman–Crippen MR) is 69.0 cm³/mol. The average Bonchev–Trinajstić information content (AvgIpc) is 2.69. The Bertz CT molecular complexity index is 552. The fourth-order valence-electron chi connectivity index (χ4n) is 2.18. The lowest BCUT2D eigenvalue weighted by Gasteiger charge is -2.26.